The van der Waals surface area contributed by atoms with E-state index in [0.717, 1.165) is 23.5 Å². The Balaban J connectivity index is 2.22. The van der Waals surface area contributed by atoms with Crippen molar-refractivity contribution in [1.82, 2.24) is 5.32 Å². The molecule has 1 aliphatic rings. The van der Waals surface area contributed by atoms with Crippen LogP contribution in [-0.2, 0) is 0 Å². The molecule has 0 aliphatic carbocycles. The van der Waals surface area contributed by atoms with Crippen molar-refractivity contribution in [3.8, 4) is 0 Å². The highest BCUT2D eigenvalue weighted by atomic mass is 32.2. The van der Waals surface area contributed by atoms with Gasteiger partial charge in [-0.25, -0.2) is 8.78 Å². The van der Waals surface area contributed by atoms with Crippen molar-refractivity contribution in [3.05, 3.63) is 35.4 Å². The lowest BCUT2D eigenvalue weighted by Crippen LogP contribution is -2.25. The summed E-state index contributed by atoms with van der Waals surface area (Å²) in [4.78, 5) is 0. The topological polar surface area (TPSA) is 12.0 Å². The van der Waals surface area contributed by atoms with Crippen molar-refractivity contribution in [2.75, 3.05) is 18.6 Å². The van der Waals surface area contributed by atoms with E-state index >= 15 is 0 Å². The van der Waals surface area contributed by atoms with E-state index in [1.165, 1.54) is 12.1 Å². The van der Waals surface area contributed by atoms with Crippen molar-refractivity contribution >= 4 is 11.8 Å². The van der Waals surface area contributed by atoms with Crippen LogP contribution < -0.4 is 5.32 Å². The molecule has 88 valence electrons. The maximum atomic E-state index is 13.2. The molecule has 1 saturated heterocycles. The molecule has 1 fully saturated rings. The molecule has 1 heterocycles. The minimum absolute atomic E-state index is 0.130. The molecule has 1 N–H and O–H groups in total. The molecule has 1 aromatic carbocycles. The summed E-state index contributed by atoms with van der Waals surface area (Å²) in [5.74, 6) is 1.22. The third-order valence-corrected chi connectivity index (χ3v) is 4.24. The second kappa shape index (κ2) is 5.15. The van der Waals surface area contributed by atoms with Crippen LogP contribution in [0.3, 0.4) is 0 Å². The molecule has 1 aromatic rings. The zero-order chi connectivity index (χ0) is 11.5. The Hall–Kier alpha value is -0.610. The molecule has 16 heavy (non-hydrogen) atoms. The summed E-state index contributed by atoms with van der Waals surface area (Å²) in [5, 5.41) is 3.20. The minimum Gasteiger partial charge on any atom is -0.313 e. The lowest BCUT2D eigenvalue weighted by Gasteiger charge is -2.22. The molecule has 2 rings (SSSR count). The molecular weight excluding hydrogens is 228 g/mol. The fourth-order valence-corrected chi connectivity index (χ4v) is 3.49. The van der Waals surface area contributed by atoms with Gasteiger partial charge in [0.1, 0.15) is 0 Å². The number of hydrogen-bond donors (Lipinski definition) is 1. The Kier molecular flexibility index (Phi) is 3.82. The van der Waals surface area contributed by atoms with E-state index in [1.54, 1.807) is 6.07 Å². The average molecular weight is 243 g/mol. The first-order valence-corrected chi connectivity index (χ1v) is 6.58. The first-order valence-electron chi connectivity index (χ1n) is 5.42. The number of rotatable bonds is 3. The average Bonchev–Trinajstić information content (AvgIpc) is 2.78. The number of benzene rings is 1. The standard InChI is InChI=1S/C12H15F2NS/c1-15-12(9-4-5-16-7-9)8-2-3-10(13)11(14)6-8/h2-3,6,9,12,15H,4-5,7H2,1H3. The summed E-state index contributed by atoms with van der Waals surface area (Å²) in [6, 6.07) is 4.31. The van der Waals surface area contributed by atoms with Gasteiger partial charge in [-0.2, -0.15) is 11.8 Å². The van der Waals surface area contributed by atoms with Crippen LogP contribution >= 0.6 is 11.8 Å². The van der Waals surface area contributed by atoms with Gasteiger partial charge in [0.2, 0.25) is 0 Å². The quantitative estimate of drug-likeness (QED) is 0.876. The monoisotopic (exact) mass is 243 g/mol. The Labute approximate surface area is 98.6 Å². The van der Waals surface area contributed by atoms with Gasteiger partial charge in [0, 0.05) is 6.04 Å². The molecule has 4 heteroatoms. The number of thioether (sulfide) groups is 1. The smallest absolute Gasteiger partial charge is 0.159 e. The molecule has 1 aliphatic heterocycles. The molecule has 0 bridgehead atoms. The van der Waals surface area contributed by atoms with E-state index in [1.807, 2.05) is 18.8 Å². The lowest BCUT2D eigenvalue weighted by molar-refractivity contribution is 0.415. The number of hydrogen-bond acceptors (Lipinski definition) is 2. The van der Waals surface area contributed by atoms with Crippen LogP contribution in [0.25, 0.3) is 0 Å². The van der Waals surface area contributed by atoms with E-state index in [2.05, 4.69) is 5.32 Å². The second-order valence-electron chi connectivity index (χ2n) is 4.06. The van der Waals surface area contributed by atoms with Crippen LogP contribution in [0, 0.1) is 17.6 Å². The predicted molar refractivity (Wildman–Crippen MR) is 63.6 cm³/mol. The van der Waals surface area contributed by atoms with Crippen LogP contribution in [0.5, 0.6) is 0 Å². The van der Waals surface area contributed by atoms with Crippen LogP contribution in [-0.4, -0.2) is 18.6 Å². The molecule has 0 amide bonds. The summed E-state index contributed by atoms with van der Waals surface area (Å²) < 4.78 is 26.0. The molecule has 0 saturated carbocycles. The summed E-state index contributed by atoms with van der Waals surface area (Å²) in [7, 11) is 1.87. The summed E-state index contributed by atoms with van der Waals surface area (Å²) in [6.45, 7) is 0. The van der Waals surface area contributed by atoms with Crippen LogP contribution in [0.1, 0.15) is 18.0 Å². The van der Waals surface area contributed by atoms with Crippen molar-refractivity contribution < 1.29 is 8.78 Å². The van der Waals surface area contributed by atoms with Gasteiger partial charge in [-0.15, -0.1) is 0 Å². The largest absolute Gasteiger partial charge is 0.313 e. The third-order valence-electron chi connectivity index (χ3n) is 3.05. The summed E-state index contributed by atoms with van der Waals surface area (Å²) in [5.41, 5.74) is 0.842. The normalized spacial score (nSPS) is 22.3. The van der Waals surface area contributed by atoms with Crippen molar-refractivity contribution in [1.29, 1.82) is 0 Å². The van der Waals surface area contributed by atoms with Crippen LogP contribution in [0.15, 0.2) is 18.2 Å². The number of nitrogens with one attached hydrogen (secondary N) is 1. The van der Waals surface area contributed by atoms with Crippen molar-refractivity contribution in [2.24, 2.45) is 5.92 Å². The molecule has 2 unspecified atom stereocenters. The Morgan fingerprint density at radius 2 is 2.19 bits per heavy atom. The third kappa shape index (κ3) is 2.38. The second-order valence-corrected chi connectivity index (χ2v) is 5.21. The maximum absolute atomic E-state index is 13.2. The Morgan fingerprint density at radius 1 is 1.38 bits per heavy atom. The molecular formula is C12H15F2NS. The summed E-state index contributed by atoms with van der Waals surface area (Å²) in [6.07, 6.45) is 1.13. The molecule has 0 radical (unpaired) electrons. The fraction of sp³-hybridized carbons (Fsp3) is 0.500. The molecule has 1 nitrogen and oxygen atoms in total. The van der Waals surface area contributed by atoms with E-state index in [-0.39, 0.29) is 6.04 Å². The molecule has 0 aromatic heterocycles. The van der Waals surface area contributed by atoms with Gasteiger partial charge in [0.25, 0.3) is 0 Å². The first kappa shape index (κ1) is 11.9. The molecule has 0 spiro atoms. The van der Waals surface area contributed by atoms with Gasteiger partial charge in [0.05, 0.1) is 0 Å². The van der Waals surface area contributed by atoms with Gasteiger partial charge in [-0.05, 0) is 48.6 Å². The van der Waals surface area contributed by atoms with E-state index in [4.69, 9.17) is 0 Å². The van der Waals surface area contributed by atoms with E-state index in [0.29, 0.717) is 5.92 Å². The minimum atomic E-state index is -0.778. The van der Waals surface area contributed by atoms with Crippen LogP contribution in [0.2, 0.25) is 0 Å². The van der Waals surface area contributed by atoms with Gasteiger partial charge < -0.3 is 5.32 Å². The Morgan fingerprint density at radius 3 is 2.75 bits per heavy atom. The molecule has 2 atom stereocenters. The zero-order valence-corrected chi connectivity index (χ0v) is 9.99. The SMILES string of the molecule is CNC(c1ccc(F)c(F)c1)C1CCSC1. The van der Waals surface area contributed by atoms with Crippen molar-refractivity contribution in [3.63, 3.8) is 0 Å². The zero-order valence-electron chi connectivity index (χ0n) is 9.17. The van der Waals surface area contributed by atoms with E-state index in [9.17, 15) is 8.78 Å². The highest BCUT2D eigenvalue weighted by molar-refractivity contribution is 7.99. The highest BCUT2D eigenvalue weighted by Gasteiger charge is 2.25. The number of halogens is 2. The Bertz CT molecular complexity index is 364. The highest BCUT2D eigenvalue weighted by Crippen LogP contribution is 2.34. The fourth-order valence-electron chi connectivity index (χ4n) is 2.20. The first-order chi connectivity index (χ1) is 7.72. The van der Waals surface area contributed by atoms with Gasteiger partial charge in [0.15, 0.2) is 11.6 Å². The van der Waals surface area contributed by atoms with Gasteiger partial charge >= 0.3 is 0 Å². The van der Waals surface area contributed by atoms with Crippen LogP contribution in [0.4, 0.5) is 8.78 Å². The predicted octanol–water partition coefficient (Wildman–Crippen LogP) is 2.98. The lowest BCUT2D eigenvalue weighted by atomic mass is 9.92. The maximum Gasteiger partial charge on any atom is 0.159 e. The van der Waals surface area contributed by atoms with Gasteiger partial charge in [-0.1, -0.05) is 6.07 Å². The van der Waals surface area contributed by atoms with E-state index < -0.39 is 11.6 Å². The summed E-state index contributed by atoms with van der Waals surface area (Å²) >= 11 is 1.92. The van der Waals surface area contributed by atoms with Gasteiger partial charge in [-0.3, -0.25) is 0 Å². The van der Waals surface area contributed by atoms with Crippen molar-refractivity contribution in [2.45, 2.75) is 12.5 Å².